The Bertz CT molecular complexity index is 625. The van der Waals surface area contributed by atoms with E-state index in [0.717, 1.165) is 29.9 Å². The molecule has 4 heterocycles. The summed E-state index contributed by atoms with van der Waals surface area (Å²) in [6.45, 7) is 2.10. The zero-order chi connectivity index (χ0) is 13.5. The summed E-state index contributed by atoms with van der Waals surface area (Å²) < 4.78 is 1.74. The molecule has 2 atom stereocenters. The van der Waals surface area contributed by atoms with Gasteiger partial charge in [0.1, 0.15) is 24.5 Å². The molecule has 2 aliphatic rings. The molecule has 4 rings (SSSR count). The third-order valence-electron chi connectivity index (χ3n) is 4.59. The van der Waals surface area contributed by atoms with Gasteiger partial charge >= 0.3 is 0 Å². The Morgan fingerprint density at radius 2 is 2.30 bits per heavy atom. The highest BCUT2D eigenvalue weighted by Crippen LogP contribution is 2.32. The lowest BCUT2D eigenvalue weighted by molar-refractivity contribution is 0.215. The zero-order valence-electron chi connectivity index (χ0n) is 11.4. The molecule has 0 bridgehead atoms. The van der Waals surface area contributed by atoms with Gasteiger partial charge in [-0.1, -0.05) is 0 Å². The van der Waals surface area contributed by atoms with Crippen LogP contribution < -0.4 is 10.2 Å². The number of hydrogen-bond acceptors (Lipinski definition) is 5. The molecule has 2 unspecified atom stereocenters. The Labute approximate surface area is 117 Å². The number of aliphatic hydroxyl groups is 1. The largest absolute Gasteiger partial charge is 0.376 e. The fourth-order valence-corrected chi connectivity index (χ4v) is 3.67. The fourth-order valence-electron chi connectivity index (χ4n) is 3.67. The van der Waals surface area contributed by atoms with Gasteiger partial charge in [-0.05, 0) is 31.9 Å². The van der Waals surface area contributed by atoms with E-state index in [9.17, 15) is 5.11 Å². The number of aromatic nitrogens is 3. The molecule has 0 saturated carbocycles. The van der Waals surface area contributed by atoms with Gasteiger partial charge in [0.05, 0.1) is 5.39 Å². The lowest BCUT2D eigenvalue weighted by Gasteiger charge is -2.38. The molecular weight excluding hydrogens is 254 g/mol. The van der Waals surface area contributed by atoms with Gasteiger partial charge in [-0.25, -0.2) is 9.97 Å². The van der Waals surface area contributed by atoms with Crippen molar-refractivity contribution in [2.24, 2.45) is 0 Å². The van der Waals surface area contributed by atoms with Crippen LogP contribution >= 0.6 is 0 Å². The van der Waals surface area contributed by atoms with Crippen LogP contribution in [-0.2, 0) is 6.73 Å². The van der Waals surface area contributed by atoms with E-state index in [-0.39, 0.29) is 6.73 Å². The summed E-state index contributed by atoms with van der Waals surface area (Å²) in [5, 5.41) is 14.0. The van der Waals surface area contributed by atoms with Crippen molar-refractivity contribution in [3.63, 3.8) is 0 Å². The molecule has 0 spiro atoms. The predicted molar refractivity (Wildman–Crippen MR) is 76.5 cm³/mol. The van der Waals surface area contributed by atoms with Crippen LogP contribution in [0.25, 0.3) is 11.0 Å². The summed E-state index contributed by atoms with van der Waals surface area (Å²) in [6.07, 6.45) is 7.11. The molecule has 2 saturated heterocycles. The molecule has 106 valence electrons. The van der Waals surface area contributed by atoms with Crippen LogP contribution in [0, 0.1) is 0 Å². The molecule has 0 radical (unpaired) electrons. The third kappa shape index (κ3) is 1.72. The number of nitrogens with one attached hydrogen (secondary N) is 1. The van der Waals surface area contributed by atoms with E-state index in [1.165, 1.54) is 19.3 Å². The zero-order valence-corrected chi connectivity index (χ0v) is 11.4. The second kappa shape index (κ2) is 4.71. The smallest absolute Gasteiger partial charge is 0.147 e. The van der Waals surface area contributed by atoms with Crippen molar-refractivity contribution in [1.29, 1.82) is 0 Å². The molecule has 2 fully saturated rings. The summed E-state index contributed by atoms with van der Waals surface area (Å²) in [5.41, 5.74) is 0.811. The summed E-state index contributed by atoms with van der Waals surface area (Å²) >= 11 is 0. The number of anilines is 1. The van der Waals surface area contributed by atoms with Crippen LogP contribution in [0.2, 0.25) is 0 Å². The Morgan fingerprint density at radius 1 is 1.35 bits per heavy atom. The topological polar surface area (TPSA) is 66.2 Å². The van der Waals surface area contributed by atoms with E-state index in [4.69, 9.17) is 0 Å². The van der Waals surface area contributed by atoms with Crippen LogP contribution in [0.3, 0.4) is 0 Å². The standard InChI is InChI=1S/C14H19N5O/c20-9-18-7-4-10-13(18)16-8-17-14(10)19-6-1-2-11-12(19)3-5-15-11/h4,7-8,11-12,15,20H,1-3,5-6,9H2. The van der Waals surface area contributed by atoms with Crippen LogP contribution in [-0.4, -0.2) is 44.8 Å². The first kappa shape index (κ1) is 12.1. The maximum Gasteiger partial charge on any atom is 0.147 e. The quantitative estimate of drug-likeness (QED) is 0.843. The van der Waals surface area contributed by atoms with E-state index in [1.54, 1.807) is 10.9 Å². The van der Waals surface area contributed by atoms with Gasteiger partial charge in [-0.15, -0.1) is 0 Å². The summed E-state index contributed by atoms with van der Waals surface area (Å²) in [7, 11) is 0. The minimum absolute atomic E-state index is 0.0481. The molecule has 6 heteroatoms. The minimum atomic E-state index is -0.0481. The molecule has 2 N–H and O–H groups in total. The first-order chi connectivity index (χ1) is 9.88. The molecule has 0 aromatic carbocycles. The van der Waals surface area contributed by atoms with Gasteiger partial charge in [0.25, 0.3) is 0 Å². The molecule has 6 nitrogen and oxygen atoms in total. The SMILES string of the molecule is OCn1ccc2c(N3CCCC4NCCC43)ncnc21. The van der Waals surface area contributed by atoms with Crippen molar-refractivity contribution in [3.8, 4) is 0 Å². The Kier molecular flexibility index (Phi) is 2.85. The van der Waals surface area contributed by atoms with Crippen LogP contribution in [0.5, 0.6) is 0 Å². The first-order valence-electron chi connectivity index (χ1n) is 7.29. The van der Waals surface area contributed by atoms with Crippen LogP contribution in [0.15, 0.2) is 18.6 Å². The maximum absolute atomic E-state index is 9.35. The monoisotopic (exact) mass is 273 g/mol. The van der Waals surface area contributed by atoms with Gasteiger partial charge in [-0.2, -0.15) is 0 Å². The van der Waals surface area contributed by atoms with E-state index < -0.39 is 0 Å². The summed E-state index contributed by atoms with van der Waals surface area (Å²) in [4.78, 5) is 11.3. The van der Waals surface area contributed by atoms with Gasteiger partial charge in [0.15, 0.2) is 0 Å². The van der Waals surface area contributed by atoms with Crippen molar-refractivity contribution in [2.75, 3.05) is 18.0 Å². The van der Waals surface area contributed by atoms with Gasteiger partial charge in [0.2, 0.25) is 0 Å². The number of fused-ring (bicyclic) bond motifs is 2. The molecule has 0 amide bonds. The molecule has 2 aromatic heterocycles. The molecule has 2 aliphatic heterocycles. The normalized spacial score (nSPS) is 26.1. The molecule has 0 aliphatic carbocycles. The van der Waals surface area contributed by atoms with E-state index in [2.05, 4.69) is 20.2 Å². The van der Waals surface area contributed by atoms with Crippen molar-refractivity contribution in [2.45, 2.75) is 38.1 Å². The summed E-state index contributed by atoms with van der Waals surface area (Å²) in [5.74, 6) is 1.01. The number of hydrogen-bond donors (Lipinski definition) is 2. The second-order valence-corrected chi connectivity index (χ2v) is 5.61. The van der Waals surface area contributed by atoms with Crippen molar-refractivity contribution < 1.29 is 5.11 Å². The lowest BCUT2D eigenvalue weighted by Crippen LogP contribution is -2.49. The van der Waals surface area contributed by atoms with Crippen LogP contribution in [0.4, 0.5) is 5.82 Å². The Morgan fingerprint density at radius 3 is 3.20 bits per heavy atom. The number of rotatable bonds is 2. The van der Waals surface area contributed by atoms with Gasteiger partial charge < -0.3 is 19.9 Å². The van der Waals surface area contributed by atoms with Crippen molar-refractivity contribution in [1.82, 2.24) is 19.9 Å². The average molecular weight is 273 g/mol. The van der Waals surface area contributed by atoms with Crippen LogP contribution in [0.1, 0.15) is 19.3 Å². The van der Waals surface area contributed by atoms with E-state index in [1.807, 2.05) is 12.3 Å². The van der Waals surface area contributed by atoms with Crippen molar-refractivity contribution >= 4 is 16.9 Å². The maximum atomic E-state index is 9.35. The number of piperidine rings is 1. The highest BCUT2D eigenvalue weighted by molar-refractivity contribution is 5.88. The molecule has 2 aromatic rings. The van der Waals surface area contributed by atoms with Gasteiger partial charge in [0, 0.05) is 24.8 Å². The number of aliphatic hydroxyl groups excluding tert-OH is 1. The van der Waals surface area contributed by atoms with Gasteiger partial charge in [-0.3, -0.25) is 0 Å². The average Bonchev–Trinajstić information content (AvgIpc) is 3.12. The highest BCUT2D eigenvalue weighted by Gasteiger charge is 2.36. The Balaban J connectivity index is 1.79. The molecule has 20 heavy (non-hydrogen) atoms. The Hall–Kier alpha value is -1.66. The van der Waals surface area contributed by atoms with Crippen molar-refractivity contribution in [3.05, 3.63) is 18.6 Å². The fraction of sp³-hybridized carbons (Fsp3) is 0.571. The van der Waals surface area contributed by atoms with E-state index >= 15 is 0 Å². The second-order valence-electron chi connectivity index (χ2n) is 5.61. The predicted octanol–water partition coefficient (Wildman–Crippen LogP) is 0.712. The summed E-state index contributed by atoms with van der Waals surface area (Å²) in [6, 6.07) is 3.14. The molecular formula is C14H19N5O. The number of nitrogens with zero attached hydrogens (tertiary/aromatic N) is 4. The van der Waals surface area contributed by atoms with E-state index in [0.29, 0.717) is 12.1 Å². The lowest BCUT2D eigenvalue weighted by atomic mass is 9.97. The first-order valence-corrected chi connectivity index (χ1v) is 7.29. The third-order valence-corrected chi connectivity index (χ3v) is 4.59. The minimum Gasteiger partial charge on any atom is -0.376 e. The highest BCUT2D eigenvalue weighted by atomic mass is 16.3.